The van der Waals surface area contributed by atoms with Crippen LogP contribution in [-0.2, 0) is 13.0 Å². The van der Waals surface area contributed by atoms with Gasteiger partial charge in [-0.05, 0) is 57.2 Å². The third-order valence-electron chi connectivity index (χ3n) is 6.32. The van der Waals surface area contributed by atoms with Crippen molar-refractivity contribution in [2.75, 3.05) is 19.6 Å². The summed E-state index contributed by atoms with van der Waals surface area (Å²) in [5.74, 6) is 0.823. The van der Waals surface area contributed by atoms with Gasteiger partial charge in [0.25, 0.3) is 5.91 Å². The minimum Gasteiger partial charge on any atom is -0.348 e. The first kappa shape index (κ1) is 16.9. The molecule has 3 saturated heterocycles. The smallest absolute Gasteiger partial charge is 0.254 e. The van der Waals surface area contributed by atoms with Crippen molar-refractivity contribution in [3.8, 4) is 0 Å². The highest BCUT2D eigenvalue weighted by Gasteiger charge is 2.36. The number of hydrogen-bond acceptors (Lipinski definition) is 2. The van der Waals surface area contributed by atoms with Crippen molar-refractivity contribution >= 4 is 29.2 Å². The molecule has 1 unspecified atom stereocenters. The summed E-state index contributed by atoms with van der Waals surface area (Å²) in [5.41, 5.74) is 3.43. The number of halogens is 1. The molecule has 5 heteroatoms. The molecule has 1 aromatic carbocycles. The Kier molecular flexibility index (Phi) is 4.50. The highest BCUT2D eigenvalue weighted by atomic mass is 35.5. The van der Waals surface area contributed by atoms with E-state index in [0.717, 1.165) is 30.5 Å². The van der Waals surface area contributed by atoms with Crippen LogP contribution in [0.25, 0.3) is 10.9 Å². The van der Waals surface area contributed by atoms with Crippen molar-refractivity contribution < 1.29 is 4.79 Å². The maximum atomic E-state index is 13.2. The summed E-state index contributed by atoms with van der Waals surface area (Å²) in [4.78, 5) is 15.7. The topological polar surface area (TPSA) is 37.3 Å². The van der Waals surface area contributed by atoms with Crippen LogP contribution < -0.4 is 5.32 Å². The summed E-state index contributed by atoms with van der Waals surface area (Å²) in [6.07, 6.45) is 5.90. The monoisotopic (exact) mass is 359 g/mol. The second-order valence-electron chi connectivity index (χ2n) is 7.67. The summed E-state index contributed by atoms with van der Waals surface area (Å²) in [7, 11) is 0. The zero-order valence-electron chi connectivity index (χ0n) is 14.5. The number of para-hydroxylation sites is 1. The predicted molar refractivity (Wildman–Crippen MR) is 103 cm³/mol. The van der Waals surface area contributed by atoms with Crippen molar-refractivity contribution in [3.63, 3.8) is 0 Å². The minimum atomic E-state index is 0. The van der Waals surface area contributed by atoms with Crippen LogP contribution in [0.15, 0.2) is 24.3 Å². The number of fused-ring (bicyclic) bond motifs is 6. The number of aromatic nitrogens is 1. The molecule has 6 rings (SSSR count). The van der Waals surface area contributed by atoms with Crippen LogP contribution in [0.3, 0.4) is 0 Å². The molecule has 134 valence electrons. The summed E-state index contributed by atoms with van der Waals surface area (Å²) in [5, 5.41) is 4.53. The van der Waals surface area contributed by atoms with Crippen molar-refractivity contribution in [2.45, 2.75) is 44.7 Å². The van der Waals surface area contributed by atoms with Gasteiger partial charge in [-0.15, -0.1) is 12.4 Å². The fraction of sp³-hybridized carbons (Fsp3) is 0.550. The first-order chi connectivity index (χ1) is 11.8. The molecule has 0 aliphatic carbocycles. The second-order valence-corrected chi connectivity index (χ2v) is 7.67. The maximum absolute atomic E-state index is 13.2. The number of nitrogens with zero attached hydrogens (tertiary/aromatic N) is 2. The first-order valence-corrected chi connectivity index (χ1v) is 9.44. The molecule has 2 aromatic rings. The Labute approximate surface area is 155 Å². The van der Waals surface area contributed by atoms with Crippen molar-refractivity contribution in [1.29, 1.82) is 0 Å². The summed E-state index contributed by atoms with van der Waals surface area (Å²) >= 11 is 0. The molecule has 3 fully saturated rings. The molecular formula is C20H26ClN3O. The lowest BCUT2D eigenvalue weighted by atomic mass is 9.84. The Hall–Kier alpha value is -1.52. The van der Waals surface area contributed by atoms with Gasteiger partial charge in [0, 0.05) is 35.7 Å². The van der Waals surface area contributed by atoms with Gasteiger partial charge in [-0.25, -0.2) is 0 Å². The number of amides is 1. The van der Waals surface area contributed by atoms with Gasteiger partial charge < -0.3 is 14.8 Å². The third-order valence-corrected chi connectivity index (χ3v) is 6.32. The summed E-state index contributed by atoms with van der Waals surface area (Å²) in [6.45, 7) is 4.50. The molecule has 0 radical (unpaired) electrons. The molecule has 1 atom stereocenters. The van der Waals surface area contributed by atoms with E-state index in [9.17, 15) is 4.79 Å². The lowest BCUT2D eigenvalue weighted by molar-refractivity contribution is 0.0620. The molecule has 1 N–H and O–H groups in total. The average Bonchev–Trinajstić information content (AvgIpc) is 2.97. The van der Waals surface area contributed by atoms with Gasteiger partial charge in [0.1, 0.15) is 0 Å². The molecule has 5 heterocycles. The van der Waals surface area contributed by atoms with E-state index < -0.39 is 0 Å². The number of hydrogen-bond donors (Lipinski definition) is 1. The predicted octanol–water partition coefficient (Wildman–Crippen LogP) is 3.22. The van der Waals surface area contributed by atoms with Crippen LogP contribution in [0, 0.1) is 5.92 Å². The van der Waals surface area contributed by atoms with E-state index in [1.54, 1.807) is 0 Å². The van der Waals surface area contributed by atoms with E-state index in [1.807, 2.05) is 0 Å². The molecule has 4 nitrogen and oxygen atoms in total. The van der Waals surface area contributed by atoms with Crippen LogP contribution in [0.1, 0.15) is 41.7 Å². The summed E-state index contributed by atoms with van der Waals surface area (Å²) < 4.78 is 2.38. The average molecular weight is 360 g/mol. The summed E-state index contributed by atoms with van der Waals surface area (Å²) in [6, 6.07) is 8.75. The van der Waals surface area contributed by atoms with E-state index in [-0.39, 0.29) is 18.3 Å². The normalized spacial score (nSPS) is 27.6. The van der Waals surface area contributed by atoms with Gasteiger partial charge in [-0.2, -0.15) is 0 Å². The maximum Gasteiger partial charge on any atom is 0.254 e. The van der Waals surface area contributed by atoms with E-state index in [1.165, 1.54) is 50.0 Å². The standard InChI is InChI=1S/C20H25N3O.ClH/c24-20(21-16-13-22-11-8-14(16)9-12-22)19-15-5-1-2-6-17(15)23-10-4-3-7-18(19)23;/h1-2,5-6,14,16H,3-4,7-13H2,(H,21,24);1H. The number of nitrogens with one attached hydrogen (secondary N) is 1. The molecule has 2 bridgehead atoms. The van der Waals surface area contributed by atoms with Gasteiger partial charge in [-0.1, -0.05) is 18.2 Å². The Morgan fingerprint density at radius 2 is 1.88 bits per heavy atom. The fourth-order valence-electron chi connectivity index (χ4n) is 5.06. The van der Waals surface area contributed by atoms with Crippen molar-refractivity contribution in [2.24, 2.45) is 5.92 Å². The molecule has 4 aliphatic heterocycles. The molecule has 1 amide bonds. The number of carbonyl (C=O) groups excluding carboxylic acids is 1. The van der Waals surface area contributed by atoms with Gasteiger partial charge in [0.15, 0.2) is 0 Å². The highest BCUT2D eigenvalue weighted by Crippen LogP contribution is 2.32. The van der Waals surface area contributed by atoms with E-state index >= 15 is 0 Å². The van der Waals surface area contributed by atoms with Gasteiger partial charge in [0.05, 0.1) is 5.56 Å². The zero-order chi connectivity index (χ0) is 16.1. The van der Waals surface area contributed by atoms with Crippen LogP contribution in [-0.4, -0.2) is 41.1 Å². The molecule has 25 heavy (non-hydrogen) atoms. The second kappa shape index (κ2) is 6.65. The Morgan fingerprint density at radius 3 is 2.64 bits per heavy atom. The highest BCUT2D eigenvalue weighted by molar-refractivity contribution is 6.08. The molecular weight excluding hydrogens is 334 g/mol. The van der Waals surface area contributed by atoms with Crippen LogP contribution >= 0.6 is 12.4 Å². The van der Waals surface area contributed by atoms with Gasteiger partial charge in [-0.3, -0.25) is 4.79 Å². The number of piperidine rings is 3. The van der Waals surface area contributed by atoms with E-state index in [0.29, 0.717) is 12.0 Å². The lowest BCUT2D eigenvalue weighted by Gasteiger charge is -2.44. The zero-order valence-corrected chi connectivity index (χ0v) is 15.4. The Bertz CT molecular complexity index is 792. The van der Waals surface area contributed by atoms with Gasteiger partial charge >= 0.3 is 0 Å². The molecule has 0 spiro atoms. The lowest BCUT2D eigenvalue weighted by Crippen LogP contribution is -2.57. The van der Waals surface area contributed by atoms with E-state index in [4.69, 9.17) is 0 Å². The molecule has 1 aromatic heterocycles. The fourth-order valence-corrected chi connectivity index (χ4v) is 5.06. The van der Waals surface area contributed by atoms with Crippen molar-refractivity contribution in [1.82, 2.24) is 14.8 Å². The first-order valence-electron chi connectivity index (χ1n) is 9.44. The largest absolute Gasteiger partial charge is 0.348 e. The number of carbonyl (C=O) groups is 1. The molecule has 4 aliphatic rings. The van der Waals surface area contributed by atoms with Crippen LogP contribution in [0.4, 0.5) is 0 Å². The Balaban J connectivity index is 0.00000157. The van der Waals surface area contributed by atoms with E-state index in [2.05, 4.69) is 39.0 Å². The van der Waals surface area contributed by atoms with Crippen molar-refractivity contribution in [3.05, 3.63) is 35.5 Å². The van der Waals surface area contributed by atoms with Gasteiger partial charge in [0.2, 0.25) is 0 Å². The number of benzene rings is 1. The Morgan fingerprint density at radius 1 is 1.08 bits per heavy atom. The molecule has 0 saturated carbocycles. The number of rotatable bonds is 2. The SMILES string of the molecule is Cl.O=C(NC1CN2CCC1CC2)c1c2n(c3ccccc13)CCCC2. The number of aryl methyl sites for hydroxylation is 1. The third kappa shape index (κ3) is 2.76. The van der Waals surface area contributed by atoms with Crippen LogP contribution in [0.2, 0.25) is 0 Å². The quantitative estimate of drug-likeness (QED) is 0.893. The van der Waals surface area contributed by atoms with Crippen LogP contribution in [0.5, 0.6) is 0 Å². The minimum absolute atomic E-state index is 0.